The number of carbonyl (C=O) groups is 2. The number of rotatable bonds is 4. The molecule has 20 heavy (non-hydrogen) atoms. The van der Waals surface area contributed by atoms with Crippen molar-refractivity contribution in [3.05, 3.63) is 23.8 Å². The number of carboxylic acids is 1. The molecule has 0 spiro atoms. The number of hydrogen-bond donors (Lipinski definition) is 1. The SMILES string of the molecule is COc1cccc(OC)c1C(=O)N1CCC(C(=O)O)C1. The maximum atomic E-state index is 12.5. The number of amides is 1. The van der Waals surface area contributed by atoms with Crippen LogP contribution in [0.2, 0.25) is 0 Å². The van der Waals surface area contributed by atoms with Gasteiger partial charge >= 0.3 is 5.97 Å². The van der Waals surface area contributed by atoms with E-state index in [-0.39, 0.29) is 12.5 Å². The van der Waals surface area contributed by atoms with Crippen LogP contribution in [0, 0.1) is 5.92 Å². The van der Waals surface area contributed by atoms with Crippen LogP contribution in [0.4, 0.5) is 0 Å². The first kappa shape index (κ1) is 14.2. The molecule has 108 valence electrons. The predicted molar refractivity (Wildman–Crippen MR) is 71.2 cm³/mol. The van der Waals surface area contributed by atoms with Gasteiger partial charge in [0, 0.05) is 13.1 Å². The van der Waals surface area contributed by atoms with E-state index in [2.05, 4.69) is 0 Å². The van der Waals surface area contributed by atoms with Gasteiger partial charge in [0.05, 0.1) is 20.1 Å². The summed E-state index contributed by atoms with van der Waals surface area (Å²) in [6.07, 6.45) is 0.471. The molecule has 0 aliphatic carbocycles. The largest absolute Gasteiger partial charge is 0.496 e. The molecule has 1 heterocycles. The average molecular weight is 279 g/mol. The summed E-state index contributed by atoms with van der Waals surface area (Å²) in [6, 6.07) is 5.10. The van der Waals surface area contributed by atoms with E-state index in [9.17, 15) is 9.59 Å². The smallest absolute Gasteiger partial charge is 0.308 e. The molecule has 0 aromatic heterocycles. The van der Waals surface area contributed by atoms with Gasteiger partial charge in [0.1, 0.15) is 17.1 Å². The molecule has 1 unspecified atom stereocenters. The van der Waals surface area contributed by atoms with E-state index in [1.54, 1.807) is 18.2 Å². The predicted octanol–water partition coefficient (Wildman–Crippen LogP) is 1.25. The normalized spacial score (nSPS) is 17.9. The summed E-state index contributed by atoms with van der Waals surface area (Å²) in [6.45, 7) is 0.645. The molecule has 0 bridgehead atoms. The Bertz CT molecular complexity index is 506. The van der Waals surface area contributed by atoms with Gasteiger partial charge in [-0.15, -0.1) is 0 Å². The summed E-state index contributed by atoms with van der Waals surface area (Å²) in [5.74, 6) is -0.781. The lowest BCUT2D eigenvalue weighted by Gasteiger charge is -2.19. The Morgan fingerprint density at radius 3 is 2.30 bits per heavy atom. The minimum Gasteiger partial charge on any atom is -0.496 e. The van der Waals surface area contributed by atoms with Crippen LogP contribution < -0.4 is 9.47 Å². The lowest BCUT2D eigenvalue weighted by Crippen LogP contribution is -2.30. The number of carboxylic acid groups (broad SMARTS) is 1. The number of aliphatic carboxylic acids is 1. The number of methoxy groups -OCH3 is 2. The molecule has 1 fully saturated rings. The summed E-state index contributed by atoms with van der Waals surface area (Å²) in [5, 5.41) is 9.00. The molecular formula is C14H17NO5. The van der Waals surface area contributed by atoms with E-state index in [0.717, 1.165) is 0 Å². The molecule has 0 radical (unpaired) electrons. The van der Waals surface area contributed by atoms with Crippen molar-refractivity contribution in [1.29, 1.82) is 0 Å². The molecule has 6 heteroatoms. The first-order chi connectivity index (χ1) is 9.58. The van der Waals surface area contributed by atoms with Crippen molar-refractivity contribution in [3.8, 4) is 11.5 Å². The van der Waals surface area contributed by atoms with Crippen LogP contribution in [0.1, 0.15) is 16.8 Å². The molecule has 1 amide bonds. The van der Waals surface area contributed by atoms with Crippen molar-refractivity contribution in [3.63, 3.8) is 0 Å². The zero-order chi connectivity index (χ0) is 14.7. The Balaban J connectivity index is 2.28. The number of benzene rings is 1. The molecule has 2 rings (SSSR count). The zero-order valence-electron chi connectivity index (χ0n) is 11.5. The van der Waals surface area contributed by atoms with Gasteiger partial charge in [0.2, 0.25) is 0 Å². The second-order valence-corrected chi connectivity index (χ2v) is 4.61. The van der Waals surface area contributed by atoms with Crippen LogP contribution in [-0.2, 0) is 4.79 Å². The Kier molecular flexibility index (Phi) is 4.12. The van der Waals surface area contributed by atoms with Gasteiger partial charge in [-0.1, -0.05) is 6.07 Å². The lowest BCUT2D eigenvalue weighted by atomic mass is 10.1. The molecule has 1 aliphatic rings. The topological polar surface area (TPSA) is 76.1 Å². The van der Waals surface area contributed by atoms with Crippen molar-refractivity contribution in [2.24, 2.45) is 5.92 Å². The Hall–Kier alpha value is -2.24. The standard InChI is InChI=1S/C14H17NO5/c1-19-10-4-3-5-11(20-2)12(10)13(16)15-7-6-9(8-15)14(17)18/h3-5,9H,6-8H2,1-2H3,(H,17,18). The van der Waals surface area contributed by atoms with Crippen LogP contribution in [0.5, 0.6) is 11.5 Å². The lowest BCUT2D eigenvalue weighted by molar-refractivity contribution is -0.141. The highest BCUT2D eigenvalue weighted by molar-refractivity contribution is 6.00. The fraction of sp³-hybridized carbons (Fsp3) is 0.429. The minimum absolute atomic E-state index is 0.218. The maximum Gasteiger partial charge on any atom is 0.308 e. The minimum atomic E-state index is -0.868. The summed E-state index contributed by atoms with van der Waals surface area (Å²) < 4.78 is 10.4. The molecule has 1 aliphatic heterocycles. The van der Waals surface area contributed by atoms with Crippen LogP contribution in [0.3, 0.4) is 0 Å². The summed E-state index contributed by atoms with van der Waals surface area (Å²) in [7, 11) is 2.96. The number of ether oxygens (including phenoxy) is 2. The second kappa shape index (κ2) is 5.81. The van der Waals surface area contributed by atoms with Gasteiger partial charge in [-0.3, -0.25) is 9.59 Å². The third-order valence-corrected chi connectivity index (χ3v) is 3.47. The van der Waals surface area contributed by atoms with E-state index in [1.165, 1.54) is 19.1 Å². The Labute approximate surface area is 116 Å². The third kappa shape index (κ3) is 2.54. The highest BCUT2D eigenvalue weighted by Crippen LogP contribution is 2.31. The maximum absolute atomic E-state index is 12.5. The van der Waals surface area contributed by atoms with Gasteiger partial charge in [-0.25, -0.2) is 0 Å². The zero-order valence-corrected chi connectivity index (χ0v) is 11.5. The molecule has 1 atom stereocenters. The molecule has 1 N–H and O–H groups in total. The van der Waals surface area contributed by atoms with Gasteiger partial charge in [0.25, 0.3) is 5.91 Å². The van der Waals surface area contributed by atoms with Gasteiger partial charge in [-0.2, -0.15) is 0 Å². The van der Waals surface area contributed by atoms with E-state index >= 15 is 0 Å². The van der Waals surface area contributed by atoms with Gasteiger partial charge < -0.3 is 19.5 Å². The monoisotopic (exact) mass is 279 g/mol. The van der Waals surface area contributed by atoms with Crippen LogP contribution >= 0.6 is 0 Å². The molecule has 0 saturated carbocycles. The van der Waals surface area contributed by atoms with E-state index in [0.29, 0.717) is 30.0 Å². The highest BCUT2D eigenvalue weighted by Gasteiger charge is 2.33. The molecule has 6 nitrogen and oxygen atoms in total. The van der Waals surface area contributed by atoms with Crippen molar-refractivity contribution in [2.75, 3.05) is 27.3 Å². The summed E-state index contributed by atoms with van der Waals surface area (Å²) in [4.78, 5) is 25.0. The number of hydrogen-bond acceptors (Lipinski definition) is 4. The Morgan fingerprint density at radius 1 is 1.25 bits per heavy atom. The molecule has 1 aromatic carbocycles. The van der Waals surface area contributed by atoms with Crippen LogP contribution in [-0.4, -0.2) is 49.2 Å². The fourth-order valence-corrected chi connectivity index (χ4v) is 2.37. The fourth-order valence-electron chi connectivity index (χ4n) is 2.37. The number of nitrogens with zero attached hydrogens (tertiary/aromatic N) is 1. The molecular weight excluding hydrogens is 262 g/mol. The van der Waals surface area contributed by atoms with Crippen LogP contribution in [0.15, 0.2) is 18.2 Å². The van der Waals surface area contributed by atoms with Crippen molar-refractivity contribution < 1.29 is 24.2 Å². The van der Waals surface area contributed by atoms with Crippen molar-refractivity contribution in [2.45, 2.75) is 6.42 Å². The van der Waals surface area contributed by atoms with Crippen LogP contribution in [0.25, 0.3) is 0 Å². The van der Waals surface area contributed by atoms with E-state index in [4.69, 9.17) is 14.6 Å². The first-order valence-corrected chi connectivity index (χ1v) is 6.31. The van der Waals surface area contributed by atoms with E-state index in [1.807, 2.05) is 0 Å². The summed E-state index contributed by atoms with van der Waals surface area (Å²) >= 11 is 0. The first-order valence-electron chi connectivity index (χ1n) is 6.31. The summed E-state index contributed by atoms with van der Waals surface area (Å²) in [5.41, 5.74) is 0.337. The highest BCUT2D eigenvalue weighted by atomic mass is 16.5. The average Bonchev–Trinajstić information content (AvgIpc) is 2.95. The second-order valence-electron chi connectivity index (χ2n) is 4.61. The van der Waals surface area contributed by atoms with Gasteiger partial charge in [-0.05, 0) is 18.6 Å². The molecule has 1 aromatic rings. The number of likely N-dealkylation sites (tertiary alicyclic amines) is 1. The van der Waals surface area contributed by atoms with Gasteiger partial charge in [0.15, 0.2) is 0 Å². The third-order valence-electron chi connectivity index (χ3n) is 3.47. The molecule has 1 saturated heterocycles. The van der Waals surface area contributed by atoms with Crippen molar-refractivity contribution in [1.82, 2.24) is 4.90 Å². The van der Waals surface area contributed by atoms with E-state index < -0.39 is 11.9 Å². The van der Waals surface area contributed by atoms with Crippen molar-refractivity contribution >= 4 is 11.9 Å². The number of carbonyl (C=O) groups excluding carboxylic acids is 1. The quantitative estimate of drug-likeness (QED) is 0.897. The Morgan fingerprint density at radius 2 is 1.85 bits per heavy atom.